The molecule has 6 nitrogen and oxygen atoms in total. The number of nitrogens with two attached hydrogens (primary N) is 1. The van der Waals surface area contributed by atoms with Gasteiger partial charge in [-0.05, 0) is 78.8 Å². The molecule has 2 saturated carbocycles. The molecule has 0 amide bonds. The molecule has 0 bridgehead atoms. The number of H-pyrrole nitrogens is 1. The highest BCUT2D eigenvalue weighted by atomic mass is 35.5. The van der Waals surface area contributed by atoms with Crippen molar-refractivity contribution in [3.05, 3.63) is 47.0 Å². The number of nitrogens with one attached hydrogen (secondary N) is 2. The third-order valence-electron chi connectivity index (χ3n) is 7.20. The normalized spacial score (nSPS) is 23.2. The number of hydrogen-bond acceptors (Lipinski definition) is 3. The number of alkyl halides is 1. The fraction of sp³-hybridized carbons (Fsp3) is 0.458. The molecular formula is C24H31ClN4O2S. The second-order valence-corrected chi connectivity index (χ2v) is 13.3. The second kappa shape index (κ2) is 7.75. The van der Waals surface area contributed by atoms with E-state index in [0.717, 1.165) is 41.0 Å². The average Bonchev–Trinajstić information content (AvgIpc) is 3.34. The number of aromatic amines is 1. The molecule has 2 heterocycles. The van der Waals surface area contributed by atoms with E-state index in [0.29, 0.717) is 29.3 Å². The molecule has 172 valence electrons. The van der Waals surface area contributed by atoms with Crippen LogP contribution in [0.2, 0.25) is 0 Å². The lowest BCUT2D eigenvalue weighted by Gasteiger charge is -2.30. The van der Waals surface area contributed by atoms with Gasteiger partial charge in [0.05, 0.1) is 0 Å². The fourth-order valence-electron chi connectivity index (χ4n) is 4.86. The predicted molar refractivity (Wildman–Crippen MR) is 134 cm³/mol. The molecule has 4 N–H and O–H groups in total. The van der Waals surface area contributed by atoms with Crippen molar-refractivity contribution < 1.29 is 4.21 Å². The van der Waals surface area contributed by atoms with Crippen LogP contribution in [0.4, 0.5) is 5.69 Å². The van der Waals surface area contributed by atoms with Gasteiger partial charge in [0.2, 0.25) is 0 Å². The maximum atomic E-state index is 13.5. The highest BCUT2D eigenvalue weighted by Gasteiger charge is 2.51. The molecule has 2 aliphatic rings. The van der Waals surface area contributed by atoms with Gasteiger partial charge in [0, 0.05) is 52.6 Å². The standard InChI is InChI=1S/C24H31ClN4O2S/c1-15-3-5-16(6-4-15)28-21-8-7-17(32(26,31)24(25)10-11-24)13-19(21)20-14-29(2)23(30)22-18(20)9-12-27-22/h7-9,12-16,27-28,32H,3-6,10-11H2,1-2H3,(H2,26,31)/t15-,16-. The highest BCUT2D eigenvalue weighted by Crippen LogP contribution is 2.52. The number of rotatable bonds is 5. The summed E-state index contributed by atoms with van der Waals surface area (Å²) in [5.74, 6) is 0.764. The van der Waals surface area contributed by atoms with Crippen LogP contribution in [0, 0.1) is 5.92 Å². The maximum Gasteiger partial charge on any atom is 0.274 e. The van der Waals surface area contributed by atoms with Gasteiger partial charge in [0.1, 0.15) is 9.72 Å². The summed E-state index contributed by atoms with van der Waals surface area (Å²) >= 11 is 6.55. The van der Waals surface area contributed by atoms with Crippen LogP contribution in [0.5, 0.6) is 0 Å². The number of fused-ring (bicyclic) bond motifs is 1. The molecule has 1 aromatic carbocycles. The number of benzene rings is 1. The molecule has 3 aromatic rings. The van der Waals surface area contributed by atoms with Gasteiger partial charge in [0.15, 0.2) is 0 Å². The molecule has 8 heteroatoms. The van der Waals surface area contributed by atoms with E-state index >= 15 is 0 Å². The Kier molecular flexibility index (Phi) is 5.26. The van der Waals surface area contributed by atoms with E-state index in [2.05, 4.69) is 17.2 Å². The Morgan fingerprint density at radius 1 is 1.19 bits per heavy atom. The van der Waals surface area contributed by atoms with E-state index in [1.807, 2.05) is 30.5 Å². The Balaban J connectivity index is 1.65. The van der Waals surface area contributed by atoms with Gasteiger partial charge in [-0.15, -0.1) is 11.6 Å². The number of pyridine rings is 1. The minimum absolute atomic E-state index is 0.0807. The number of aryl methyl sites for hydroxylation is 1. The van der Waals surface area contributed by atoms with Crippen molar-refractivity contribution in [1.29, 1.82) is 0 Å². The summed E-state index contributed by atoms with van der Waals surface area (Å²) in [6.45, 7) is 2.31. The molecule has 2 aromatic heterocycles. The first-order chi connectivity index (χ1) is 15.2. The van der Waals surface area contributed by atoms with Gasteiger partial charge in [-0.2, -0.15) is 0 Å². The molecular weight excluding hydrogens is 444 g/mol. The first-order valence-electron chi connectivity index (χ1n) is 11.4. The van der Waals surface area contributed by atoms with Crippen molar-refractivity contribution in [1.82, 2.24) is 9.55 Å². The van der Waals surface area contributed by atoms with Crippen molar-refractivity contribution >= 4 is 38.3 Å². The Morgan fingerprint density at radius 3 is 2.59 bits per heavy atom. The first kappa shape index (κ1) is 21.7. The lowest BCUT2D eigenvalue weighted by atomic mass is 9.87. The van der Waals surface area contributed by atoms with E-state index < -0.39 is 14.3 Å². The fourth-order valence-corrected chi connectivity index (χ4v) is 7.11. The summed E-state index contributed by atoms with van der Waals surface area (Å²) in [6.07, 6.45) is 9.62. The predicted octanol–water partition coefficient (Wildman–Crippen LogP) is 4.50. The molecule has 2 fully saturated rings. The van der Waals surface area contributed by atoms with Crippen molar-refractivity contribution in [2.75, 3.05) is 5.32 Å². The van der Waals surface area contributed by atoms with Crippen LogP contribution in [-0.2, 0) is 17.2 Å². The summed E-state index contributed by atoms with van der Waals surface area (Å²) in [4.78, 5) is 16.3. The first-order valence-corrected chi connectivity index (χ1v) is 13.5. The Hall–Kier alpha value is -2.09. The van der Waals surface area contributed by atoms with Crippen LogP contribution in [0.1, 0.15) is 45.4 Å². The number of nitrogens with zero attached hydrogens (tertiary/aromatic N) is 1. The third-order valence-corrected chi connectivity index (χ3v) is 11.0. The lowest BCUT2D eigenvalue weighted by molar-refractivity contribution is 0.361. The molecule has 5 rings (SSSR count). The summed E-state index contributed by atoms with van der Waals surface area (Å²) < 4.78 is 14.3. The average molecular weight is 475 g/mol. The van der Waals surface area contributed by atoms with E-state index in [4.69, 9.17) is 16.7 Å². The van der Waals surface area contributed by atoms with E-state index in [-0.39, 0.29) is 5.56 Å². The van der Waals surface area contributed by atoms with Crippen LogP contribution in [0.25, 0.3) is 22.0 Å². The topological polar surface area (TPSA) is 92.9 Å². The zero-order chi connectivity index (χ0) is 22.7. The van der Waals surface area contributed by atoms with Gasteiger partial charge in [-0.25, -0.2) is 0 Å². The second-order valence-electron chi connectivity index (χ2n) is 9.63. The zero-order valence-electron chi connectivity index (χ0n) is 18.5. The zero-order valence-corrected chi connectivity index (χ0v) is 20.2. The highest BCUT2D eigenvalue weighted by molar-refractivity contribution is 8.03. The van der Waals surface area contributed by atoms with Gasteiger partial charge in [-0.1, -0.05) is 6.92 Å². The van der Waals surface area contributed by atoms with Crippen molar-refractivity contribution in [2.24, 2.45) is 18.1 Å². The third kappa shape index (κ3) is 3.60. The number of thiol groups is 1. The molecule has 0 saturated heterocycles. The molecule has 2 aliphatic carbocycles. The Morgan fingerprint density at radius 2 is 1.91 bits per heavy atom. The SMILES string of the molecule is Cn1cc(-c2cc([SH](N)(=O)C3(Cl)CC3)ccc2N[C@H]2CC[C@H](C)CC2)c2cc[nH]c2c1=O. The quantitative estimate of drug-likeness (QED) is 0.324. The van der Waals surface area contributed by atoms with Gasteiger partial charge in [0.25, 0.3) is 5.56 Å². The van der Waals surface area contributed by atoms with E-state index in [9.17, 15) is 9.00 Å². The van der Waals surface area contributed by atoms with Crippen LogP contribution >= 0.6 is 11.6 Å². The molecule has 0 atom stereocenters. The van der Waals surface area contributed by atoms with Crippen molar-refractivity contribution in [3.8, 4) is 11.1 Å². The van der Waals surface area contributed by atoms with Crippen LogP contribution in [0.15, 0.2) is 46.3 Å². The van der Waals surface area contributed by atoms with Crippen molar-refractivity contribution in [2.45, 2.75) is 60.6 Å². The summed E-state index contributed by atoms with van der Waals surface area (Å²) in [6, 6.07) is 8.06. The minimum Gasteiger partial charge on any atom is -0.382 e. The number of hydrogen-bond donors (Lipinski definition) is 4. The van der Waals surface area contributed by atoms with Gasteiger partial charge in [-0.3, -0.25) is 14.1 Å². The smallest absolute Gasteiger partial charge is 0.274 e. The lowest BCUT2D eigenvalue weighted by Crippen LogP contribution is -2.34. The van der Waals surface area contributed by atoms with Gasteiger partial charge >= 0.3 is 0 Å². The molecule has 0 aliphatic heterocycles. The monoisotopic (exact) mass is 474 g/mol. The molecule has 0 spiro atoms. The number of halogens is 1. The number of aromatic nitrogens is 2. The van der Waals surface area contributed by atoms with Crippen LogP contribution in [0.3, 0.4) is 0 Å². The largest absolute Gasteiger partial charge is 0.382 e. The van der Waals surface area contributed by atoms with Crippen molar-refractivity contribution in [3.63, 3.8) is 0 Å². The summed E-state index contributed by atoms with van der Waals surface area (Å²) in [5.41, 5.74) is 3.24. The van der Waals surface area contributed by atoms with E-state index in [1.54, 1.807) is 17.8 Å². The van der Waals surface area contributed by atoms with Crippen LogP contribution in [-0.4, -0.2) is 24.0 Å². The molecule has 32 heavy (non-hydrogen) atoms. The Bertz CT molecular complexity index is 1280. The minimum atomic E-state index is -3.24. The summed E-state index contributed by atoms with van der Waals surface area (Å²) in [5, 5.41) is 10.9. The summed E-state index contributed by atoms with van der Waals surface area (Å²) in [7, 11) is -1.49. The Labute approximate surface area is 194 Å². The number of anilines is 1. The van der Waals surface area contributed by atoms with Gasteiger partial charge < -0.3 is 14.9 Å². The van der Waals surface area contributed by atoms with E-state index in [1.165, 1.54) is 12.8 Å². The molecule has 0 unspecified atom stereocenters. The maximum absolute atomic E-state index is 13.5. The van der Waals surface area contributed by atoms with Crippen LogP contribution < -0.4 is 16.0 Å². The molecule has 0 radical (unpaired) electrons.